The minimum absolute atomic E-state index is 0.0205. The summed E-state index contributed by atoms with van der Waals surface area (Å²) in [5, 5.41) is 2.39. The van der Waals surface area contributed by atoms with Crippen molar-refractivity contribution >= 4 is 17.6 Å². The highest BCUT2D eigenvalue weighted by Crippen LogP contribution is 2.23. The van der Waals surface area contributed by atoms with E-state index in [2.05, 4.69) is 27.2 Å². The van der Waals surface area contributed by atoms with E-state index in [0.717, 1.165) is 57.9 Å². The highest BCUT2D eigenvalue weighted by atomic mass is 16.5. The Bertz CT molecular complexity index is 643. The van der Waals surface area contributed by atoms with Gasteiger partial charge in [-0.15, -0.1) is 0 Å². The van der Waals surface area contributed by atoms with E-state index in [1.165, 1.54) is 5.69 Å². The lowest BCUT2D eigenvalue weighted by atomic mass is 10.0. The Labute approximate surface area is 160 Å². The first-order valence-corrected chi connectivity index (χ1v) is 9.51. The standard InChI is InChI=1S/C19H29N5O3/c1-27-17-6-4-15(5-7-17)22-9-11-23(12-10-22)16-3-2-8-24(14-16)18(25)13-21-19(20)26/h4-7,16H,2-3,8-14H2,1H3,(H3,20,21,26). The largest absolute Gasteiger partial charge is 0.497 e. The molecule has 1 atom stereocenters. The Morgan fingerprint density at radius 3 is 2.48 bits per heavy atom. The zero-order valence-electron chi connectivity index (χ0n) is 15.9. The van der Waals surface area contributed by atoms with Gasteiger partial charge >= 0.3 is 6.03 Å². The van der Waals surface area contributed by atoms with E-state index in [-0.39, 0.29) is 12.5 Å². The summed E-state index contributed by atoms with van der Waals surface area (Å²) < 4.78 is 5.22. The molecule has 1 unspecified atom stereocenters. The van der Waals surface area contributed by atoms with Crippen LogP contribution >= 0.6 is 0 Å². The second-order valence-corrected chi connectivity index (χ2v) is 7.07. The van der Waals surface area contributed by atoms with Gasteiger partial charge in [-0.05, 0) is 37.1 Å². The summed E-state index contributed by atoms with van der Waals surface area (Å²) in [5.41, 5.74) is 6.27. The van der Waals surface area contributed by atoms with Crippen molar-refractivity contribution in [1.29, 1.82) is 0 Å². The second kappa shape index (κ2) is 8.94. The normalized spacial score (nSPS) is 21.0. The number of nitrogens with one attached hydrogen (secondary N) is 1. The molecule has 3 N–H and O–H groups in total. The summed E-state index contributed by atoms with van der Waals surface area (Å²) in [7, 11) is 1.68. The molecule has 1 aromatic carbocycles. The van der Waals surface area contributed by atoms with Crippen LogP contribution in [-0.4, -0.2) is 80.7 Å². The molecule has 8 heteroatoms. The predicted octanol–water partition coefficient (Wildman–Crippen LogP) is 0.477. The van der Waals surface area contributed by atoms with Crippen LogP contribution in [0.1, 0.15) is 12.8 Å². The first-order valence-electron chi connectivity index (χ1n) is 9.51. The fraction of sp³-hybridized carbons (Fsp3) is 0.579. The molecule has 0 aromatic heterocycles. The molecule has 3 rings (SSSR count). The number of hydrogen-bond donors (Lipinski definition) is 2. The number of benzene rings is 1. The number of ether oxygens (including phenoxy) is 1. The first-order chi connectivity index (χ1) is 13.1. The minimum Gasteiger partial charge on any atom is -0.497 e. The van der Waals surface area contributed by atoms with Crippen LogP contribution in [-0.2, 0) is 4.79 Å². The number of amides is 3. The summed E-state index contributed by atoms with van der Waals surface area (Å²) in [5.74, 6) is 0.811. The molecule has 2 aliphatic heterocycles. The molecule has 0 saturated carbocycles. The number of nitrogens with two attached hydrogens (primary N) is 1. The molecule has 0 radical (unpaired) electrons. The number of methoxy groups -OCH3 is 1. The average Bonchev–Trinajstić information content (AvgIpc) is 2.72. The van der Waals surface area contributed by atoms with Crippen molar-refractivity contribution in [3.63, 3.8) is 0 Å². The van der Waals surface area contributed by atoms with E-state index < -0.39 is 6.03 Å². The van der Waals surface area contributed by atoms with Gasteiger partial charge in [0, 0.05) is 51.0 Å². The van der Waals surface area contributed by atoms with Gasteiger partial charge in [0.15, 0.2) is 0 Å². The highest BCUT2D eigenvalue weighted by Gasteiger charge is 2.30. The maximum atomic E-state index is 12.2. The summed E-state index contributed by atoms with van der Waals surface area (Å²) in [6.07, 6.45) is 2.10. The van der Waals surface area contributed by atoms with E-state index in [4.69, 9.17) is 10.5 Å². The van der Waals surface area contributed by atoms with Crippen LogP contribution in [0.5, 0.6) is 5.75 Å². The Morgan fingerprint density at radius 2 is 1.85 bits per heavy atom. The molecule has 27 heavy (non-hydrogen) atoms. The molecule has 2 saturated heterocycles. The Morgan fingerprint density at radius 1 is 1.15 bits per heavy atom. The number of hydrogen-bond acceptors (Lipinski definition) is 5. The van der Waals surface area contributed by atoms with Crippen LogP contribution in [0.15, 0.2) is 24.3 Å². The van der Waals surface area contributed by atoms with Crippen molar-refractivity contribution in [3.05, 3.63) is 24.3 Å². The predicted molar refractivity (Wildman–Crippen MR) is 104 cm³/mol. The Balaban J connectivity index is 1.49. The quantitative estimate of drug-likeness (QED) is 0.781. The number of piperidine rings is 1. The van der Waals surface area contributed by atoms with Gasteiger partial charge in [0.1, 0.15) is 5.75 Å². The molecule has 2 fully saturated rings. The third kappa shape index (κ3) is 5.03. The maximum absolute atomic E-state index is 12.2. The highest BCUT2D eigenvalue weighted by molar-refractivity contribution is 5.83. The number of carbonyl (C=O) groups excluding carboxylic acids is 2. The van der Waals surface area contributed by atoms with Crippen molar-refractivity contribution < 1.29 is 14.3 Å². The first kappa shape index (κ1) is 19.3. The monoisotopic (exact) mass is 375 g/mol. The van der Waals surface area contributed by atoms with Crippen LogP contribution < -0.4 is 20.7 Å². The third-order valence-corrected chi connectivity index (χ3v) is 5.43. The van der Waals surface area contributed by atoms with Crippen LogP contribution in [0.25, 0.3) is 0 Å². The lowest BCUT2D eigenvalue weighted by molar-refractivity contribution is -0.132. The number of likely N-dealkylation sites (tertiary alicyclic amines) is 1. The summed E-state index contributed by atoms with van der Waals surface area (Å²) in [4.78, 5) is 29.8. The van der Waals surface area contributed by atoms with Crippen molar-refractivity contribution in [3.8, 4) is 5.75 Å². The van der Waals surface area contributed by atoms with Gasteiger partial charge in [-0.2, -0.15) is 0 Å². The van der Waals surface area contributed by atoms with Gasteiger partial charge in [-0.3, -0.25) is 9.69 Å². The molecule has 1 aromatic rings. The molecule has 148 valence electrons. The summed E-state index contributed by atoms with van der Waals surface area (Å²) in [6, 6.07) is 7.90. The summed E-state index contributed by atoms with van der Waals surface area (Å²) in [6.45, 7) is 5.37. The lowest BCUT2D eigenvalue weighted by Gasteiger charge is -2.44. The lowest BCUT2D eigenvalue weighted by Crippen LogP contribution is -2.56. The smallest absolute Gasteiger partial charge is 0.312 e. The number of urea groups is 1. The third-order valence-electron chi connectivity index (χ3n) is 5.43. The van der Waals surface area contributed by atoms with Crippen molar-refractivity contribution in [2.45, 2.75) is 18.9 Å². The molecule has 8 nitrogen and oxygen atoms in total. The van der Waals surface area contributed by atoms with Crippen LogP contribution in [0.3, 0.4) is 0 Å². The fourth-order valence-electron chi connectivity index (χ4n) is 3.89. The molecular formula is C19H29N5O3. The second-order valence-electron chi connectivity index (χ2n) is 7.07. The van der Waals surface area contributed by atoms with Crippen LogP contribution in [0.4, 0.5) is 10.5 Å². The van der Waals surface area contributed by atoms with Crippen molar-refractivity contribution in [2.75, 3.05) is 57.8 Å². The zero-order chi connectivity index (χ0) is 19.2. The number of nitrogens with zero attached hydrogens (tertiary/aromatic N) is 3. The average molecular weight is 375 g/mol. The Kier molecular flexibility index (Phi) is 6.39. The Hall–Kier alpha value is -2.48. The molecule has 3 amide bonds. The van der Waals surface area contributed by atoms with Crippen molar-refractivity contribution in [1.82, 2.24) is 15.1 Å². The number of primary amides is 1. The van der Waals surface area contributed by atoms with Gasteiger partial charge in [0.05, 0.1) is 13.7 Å². The number of anilines is 1. The number of rotatable bonds is 5. The van der Waals surface area contributed by atoms with Gasteiger partial charge in [0.25, 0.3) is 0 Å². The molecule has 2 heterocycles. The molecule has 0 aliphatic carbocycles. The molecule has 0 bridgehead atoms. The van der Waals surface area contributed by atoms with Crippen molar-refractivity contribution in [2.24, 2.45) is 5.73 Å². The summed E-state index contributed by atoms with van der Waals surface area (Å²) >= 11 is 0. The number of carbonyl (C=O) groups is 2. The fourth-order valence-corrected chi connectivity index (χ4v) is 3.89. The van der Waals surface area contributed by atoms with Crippen LogP contribution in [0.2, 0.25) is 0 Å². The topological polar surface area (TPSA) is 91.1 Å². The van der Waals surface area contributed by atoms with Gasteiger partial charge in [-0.25, -0.2) is 4.79 Å². The van der Waals surface area contributed by atoms with E-state index in [9.17, 15) is 9.59 Å². The van der Waals surface area contributed by atoms with Gasteiger partial charge < -0.3 is 25.6 Å². The zero-order valence-corrected chi connectivity index (χ0v) is 15.9. The molecule has 2 aliphatic rings. The van der Waals surface area contributed by atoms with Gasteiger partial charge in [0.2, 0.25) is 5.91 Å². The van der Waals surface area contributed by atoms with E-state index >= 15 is 0 Å². The van der Waals surface area contributed by atoms with E-state index in [1.807, 2.05) is 17.0 Å². The SMILES string of the molecule is COc1ccc(N2CCN(C3CCCN(C(=O)CNC(N)=O)C3)CC2)cc1. The molecular weight excluding hydrogens is 346 g/mol. The number of piperazine rings is 1. The van der Waals surface area contributed by atoms with Crippen LogP contribution in [0, 0.1) is 0 Å². The maximum Gasteiger partial charge on any atom is 0.312 e. The van der Waals surface area contributed by atoms with E-state index in [1.54, 1.807) is 7.11 Å². The van der Waals surface area contributed by atoms with Gasteiger partial charge in [-0.1, -0.05) is 0 Å². The minimum atomic E-state index is -0.661. The molecule has 0 spiro atoms. The van der Waals surface area contributed by atoms with E-state index in [0.29, 0.717) is 6.04 Å².